The Hall–Kier alpha value is -1.76. The molecule has 1 unspecified atom stereocenters. The Morgan fingerprint density at radius 1 is 1.43 bits per heavy atom. The molecule has 1 aliphatic rings. The number of hydrogen-bond acceptors (Lipinski definition) is 5. The largest absolute Gasteiger partial charge is 0.379 e. The molecule has 0 aromatic carbocycles. The summed E-state index contributed by atoms with van der Waals surface area (Å²) < 4.78 is 5.44. The molecule has 6 heteroatoms. The predicted molar refractivity (Wildman–Crippen MR) is 90.8 cm³/mol. The van der Waals surface area contributed by atoms with Crippen LogP contribution in [0.4, 0.5) is 0 Å². The summed E-state index contributed by atoms with van der Waals surface area (Å²) in [6.07, 6.45) is 3.65. The van der Waals surface area contributed by atoms with E-state index in [2.05, 4.69) is 21.3 Å². The number of hydrogen-bond donors (Lipinski definition) is 1. The van der Waals surface area contributed by atoms with Crippen molar-refractivity contribution in [3.05, 3.63) is 52.0 Å². The first-order valence-electron chi connectivity index (χ1n) is 7.78. The van der Waals surface area contributed by atoms with Crippen molar-refractivity contribution in [1.29, 1.82) is 0 Å². The second kappa shape index (κ2) is 7.68. The summed E-state index contributed by atoms with van der Waals surface area (Å²) in [5.41, 5.74) is 2.91. The van der Waals surface area contributed by atoms with Gasteiger partial charge < -0.3 is 10.1 Å². The molecule has 0 saturated carbocycles. The van der Waals surface area contributed by atoms with Gasteiger partial charge in [-0.3, -0.25) is 14.7 Å². The number of carbonyl (C=O) groups is 1. The second-order valence-corrected chi connectivity index (χ2v) is 6.37. The zero-order chi connectivity index (χ0) is 16.1. The van der Waals surface area contributed by atoms with Crippen LogP contribution in [0, 0.1) is 6.92 Å². The normalized spacial score (nSPS) is 16.9. The van der Waals surface area contributed by atoms with E-state index in [4.69, 9.17) is 4.74 Å². The zero-order valence-corrected chi connectivity index (χ0v) is 14.0. The van der Waals surface area contributed by atoms with Gasteiger partial charge in [0.2, 0.25) is 0 Å². The Morgan fingerprint density at radius 3 is 2.91 bits per heavy atom. The van der Waals surface area contributed by atoms with Gasteiger partial charge in [-0.1, -0.05) is 6.07 Å². The van der Waals surface area contributed by atoms with Crippen LogP contribution in [0.1, 0.15) is 27.5 Å². The predicted octanol–water partition coefficient (Wildman–Crippen LogP) is 2.25. The number of amides is 1. The third-order valence-corrected chi connectivity index (χ3v) is 4.97. The molecule has 0 radical (unpaired) electrons. The van der Waals surface area contributed by atoms with Crippen LogP contribution >= 0.6 is 11.3 Å². The molecule has 1 saturated heterocycles. The van der Waals surface area contributed by atoms with E-state index in [-0.39, 0.29) is 11.9 Å². The van der Waals surface area contributed by atoms with Crippen molar-refractivity contribution < 1.29 is 9.53 Å². The third-order valence-electron chi connectivity index (χ3n) is 4.11. The maximum Gasteiger partial charge on any atom is 0.252 e. The molecule has 1 atom stereocenters. The van der Waals surface area contributed by atoms with Crippen LogP contribution in [0.2, 0.25) is 0 Å². The third kappa shape index (κ3) is 3.96. The molecule has 1 fully saturated rings. The van der Waals surface area contributed by atoms with E-state index >= 15 is 0 Å². The number of carbonyl (C=O) groups excluding carboxylic acids is 1. The monoisotopic (exact) mass is 331 g/mol. The molecule has 5 nitrogen and oxygen atoms in total. The van der Waals surface area contributed by atoms with Crippen LogP contribution < -0.4 is 5.32 Å². The lowest BCUT2D eigenvalue weighted by molar-refractivity contribution is 0.0161. The maximum atomic E-state index is 12.4. The number of ether oxygens (including phenoxy) is 1. The van der Waals surface area contributed by atoms with Crippen molar-refractivity contribution >= 4 is 17.2 Å². The average molecular weight is 331 g/mol. The van der Waals surface area contributed by atoms with Gasteiger partial charge in [-0.25, -0.2) is 0 Å². The molecule has 3 rings (SSSR count). The van der Waals surface area contributed by atoms with Crippen molar-refractivity contribution in [3.8, 4) is 0 Å². The summed E-state index contributed by atoms with van der Waals surface area (Å²) in [5, 5.41) is 6.98. The topological polar surface area (TPSA) is 54.5 Å². The fourth-order valence-corrected chi connectivity index (χ4v) is 3.63. The Bertz CT molecular complexity index is 638. The van der Waals surface area contributed by atoms with Crippen LogP contribution in [0.5, 0.6) is 0 Å². The Kier molecular flexibility index (Phi) is 5.38. The lowest BCUT2D eigenvalue weighted by atomic mass is 10.1. The van der Waals surface area contributed by atoms with E-state index in [1.165, 1.54) is 0 Å². The summed E-state index contributed by atoms with van der Waals surface area (Å²) in [5.74, 6) is -0.00843. The molecular formula is C17H21N3O2S. The van der Waals surface area contributed by atoms with Gasteiger partial charge >= 0.3 is 0 Å². The van der Waals surface area contributed by atoms with Crippen molar-refractivity contribution in [2.45, 2.75) is 13.0 Å². The molecule has 2 aromatic rings. The summed E-state index contributed by atoms with van der Waals surface area (Å²) in [7, 11) is 0. The maximum absolute atomic E-state index is 12.4. The number of aromatic nitrogens is 1. The lowest BCUT2D eigenvalue weighted by Gasteiger charge is -2.34. The molecule has 1 N–H and O–H groups in total. The fourth-order valence-electron chi connectivity index (χ4n) is 2.80. The van der Waals surface area contributed by atoms with Crippen LogP contribution in [0.25, 0.3) is 0 Å². The molecule has 1 aliphatic heterocycles. The van der Waals surface area contributed by atoms with E-state index in [0.29, 0.717) is 6.54 Å². The van der Waals surface area contributed by atoms with E-state index < -0.39 is 0 Å². The van der Waals surface area contributed by atoms with Gasteiger partial charge in [0.05, 0.1) is 24.8 Å². The van der Waals surface area contributed by atoms with E-state index in [0.717, 1.165) is 43.0 Å². The first-order valence-corrected chi connectivity index (χ1v) is 8.72. The van der Waals surface area contributed by atoms with Crippen molar-refractivity contribution in [2.24, 2.45) is 0 Å². The van der Waals surface area contributed by atoms with E-state index in [1.807, 2.05) is 29.9 Å². The van der Waals surface area contributed by atoms with Crippen LogP contribution in [-0.4, -0.2) is 48.6 Å². The first-order chi connectivity index (χ1) is 11.3. The van der Waals surface area contributed by atoms with Crippen molar-refractivity contribution in [2.75, 3.05) is 32.8 Å². The molecule has 2 aromatic heterocycles. The molecule has 1 amide bonds. The van der Waals surface area contributed by atoms with Gasteiger partial charge in [0.1, 0.15) is 0 Å². The summed E-state index contributed by atoms with van der Waals surface area (Å²) in [4.78, 5) is 19.0. The minimum Gasteiger partial charge on any atom is -0.379 e. The summed E-state index contributed by atoms with van der Waals surface area (Å²) >= 11 is 1.56. The Labute approximate surface area is 140 Å². The van der Waals surface area contributed by atoms with E-state index in [9.17, 15) is 4.79 Å². The average Bonchev–Trinajstić information content (AvgIpc) is 3.03. The molecule has 0 aliphatic carbocycles. The summed E-state index contributed by atoms with van der Waals surface area (Å²) in [6, 6.07) is 4.12. The smallest absolute Gasteiger partial charge is 0.252 e. The van der Waals surface area contributed by atoms with Crippen molar-refractivity contribution in [1.82, 2.24) is 15.2 Å². The van der Waals surface area contributed by atoms with Crippen molar-refractivity contribution in [3.63, 3.8) is 0 Å². The molecule has 0 spiro atoms. The van der Waals surface area contributed by atoms with Gasteiger partial charge in [0.25, 0.3) is 5.91 Å². The van der Waals surface area contributed by atoms with Gasteiger partial charge in [-0.05, 0) is 29.5 Å². The van der Waals surface area contributed by atoms with E-state index in [1.54, 1.807) is 17.5 Å². The Morgan fingerprint density at radius 2 is 2.26 bits per heavy atom. The first kappa shape index (κ1) is 16.1. The van der Waals surface area contributed by atoms with Crippen LogP contribution in [0.15, 0.2) is 35.3 Å². The number of nitrogens with zero attached hydrogens (tertiary/aromatic N) is 2. The Balaban J connectivity index is 1.71. The van der Waals surface area contributed by atoms with Gasteiger partial charge in [-0.2, -0.15) is 11.3 Å². The minimum absolute atomic E-state index is 0.00843. The van der Waals surface area contributed by atoms with Gasteiger partial charge in [0, 0.05) is 37.4 Å². The highest BCUT2D eigenvalue weighted by molar-refractivity contribution is 7.08. The SMILES string of the molecule is Cc1cscc1C(=O)NCC(c1cccnc1)N1CCOCC1. The number of morpholine rings is 1. The lowest BCUT2D eigenvalue weighted by Crippen LogP contribution is -2.43. The van der Waals surface area contributed by atoms with Crippen LogP contribution in [0.3, 0.4) is 0 Å². The molecule has 23 heavy (non-hydrogen) atoms. The van der Waals surface area contributed by atoms with Gasteiger partial charge in [-0.15, -0.1) is 0 Å². The number of rotatable bonds is 5. The number of aryl methyl sites for hydroxylation is 1. The molecular weight excluding hydrogens is 310 g/mol. The number of pyridine rings is 1. The highest BCUT2D eigenvalue weighted by Crippen LogP contribution is 2.21. The van der Waals surface area contributed by atoms with Crippen LogP contribution in [-0.2, 0) is 4.74 Å². The zero-order valence-electron chi connectivity index (χ0n) is 13.2. The van der Waals surface area contributed by atoms with Gasteiger partial charge in [0.15, 0.2) is 0 Å². The molecule has 0 bridgehead atoms. The molecule has 3 heterocycles. The highest BCUT2D eigenvalue weighted by atomic mass is 32.1. The standard InChI is InChI=1S/C17H21N3O2S/c1-13-11-23-12-15(13)17(21)19-10-16(14-3-2-4-18-9-14)20-5-7-22-8-6-20/h2-4,9,11-12,16H,5-8,10H2,1H3,(H,19,21). The number of nitrogens with one attached hydrogen (secondary N) is 1. The fraction of sp³-hybridized carbons (Fsp3) is 0.412. The quantitative estimate of drug-likeness (QED) is 0.913. The highest BCUT2D eigenvalue weighted by Gasteiger charge is 2.23. The summed E-state index contributed by atoms with van der Waals surface area (Å²) in [6.45, 7) is 5.73. The minimum atomic E-state index is -0.00843. The number of thiophene rings is 1. The molecule has 122 valence electrons. The second-order valence-electron chi connectivity index (χ2n) is 5.63.